The molecule has 1 saturated carbocycles. The van der Waals surface area contributed by atoms with E-state index in [0.717, 1.165) is 24.8 Å². The fraction of sp³-hybridized carbons (Fsp3) is 0.545. The zero-order valence-corrected chi connectivity index (χ0v) is 16.7. The van der Waals surface area contributed by atoms with Gasteiger partial charge in [0.25, 0.3) is 0 Å². The number of carbonyl (C=O) groups excluding carboxylic acids is 2. The Hall–Kier alpha value is -2.50. The summed E-state index contributed by atoms with van der Waals surface area (Å²) in [4.78, 5) is 24.0. The van der Waals surface area contributed by atoms with Crippen molar-refractivity contribution in [3.63, 3.8) is 0 Å². The van der Waals surface area contributed by atoms with Gasteiger partial charge in [-0.15, -0.1) is 0 Å². The Balaban J connectivity index is 1.46. The highest BCUT2D eigenvalue weighted by Gasteiger charge is 2.33. The highest BCUT2D eigenvalue weighted by Crippen LogP contribution is 2.35. The van der Waals surface area contributed by atoms with Gasteiger partial charge >= 0.3 is 11.9 Å². The third kappa shape index (κ3) is 5.27. The average molecular weight is 388 g/mol. The van der Waals surface area contributed by atoms with E-state index in [1.807, 2.05) is 6.07 Å². The minimum Gasteiger partial charge on any atom is -0.460 e. The van der Waals surface area contributed by atoms with Gasteiger partial charge in [-0.3, -0.25) is 0 Å². The second kappa shape index (κ2) is 9.13. The van der Waals surface area contributed by atoms with Crippen LogP contribution in [0.25, 0.3) is 6.08 Å². The molecule has 0 N–H and O–H groups in total. The van der Waals surface area contributed by atoms with Crippen LogP contribution >= 0.6 is 0 Å². The molecule has 1 fully saturated rings. The fourth-order valence-electron chi connectivity index (χ4n) is 3.81. The van der Waals surface area contributed by atoms with Gasteiger partial charge in [-0.05, 0) is 54.4 Å². The SMILES string of the molecule is CC(C)[C@@H]1CC[C@H](C)C[C@@H]1OC(=O)COC(=O)/C=C/c1ccc2c(c1)OCO2. The number of carbonyl (C=O) groups is 2. The van der Waals surface area contributed by atoms with E-state index in [2.05, 4.69) is 20.8 Å². The summed E-state index contributed by atoms with van der Waals surface area (Å²) in [6.07, 6.45) is 5.88. The van der Waals surface area contributed by atoms with Crippen molar-refractivity contribution in [2.45, 2.75) is 46.1 Å². The standard InChI is InChI=1S/C22H28O6/c1-14(2)17-7-4-15(3)10-19(17)28-22(24)12-25-21(23)9-6-16-5-8-18-20(11-16)27-13-26-18/h5-6,8-9,11,14-15,17,19H,4,7,10,12-13H2,1-3H3/b9-6+/t15-,17-,19-/m0/s1. The zero-order chi connectivity index (χ0) is 20.1. The van der Waals surface area contributed by atoms with Crippen LogP contribution in [0.2, 0.25) is 0 Å². The van der Waals surface area contributed by atoms with Gasteiger partial charge in [0, 0.05) is 6.08 Å². The van der Waals surface area contributed by atoms with Crippen molar-refractivity contribution in [2.75, 3.05) is 13.4 Å². The molecule has 6 nitrogen and oxygen atoms in total. The summed E-state index contributed by atoms with van der Waals surface area (Å²) in [5.74, 6) is 1.60. The zero-order valence-electron chi connectivity index (χ0n) is 16.7. The molecule has 0 aromatic heterocycles. The van der Waals surface area contributed by atoms with E-state index in [9.17, 15) is 9.59 Å². The van der Waals surface area contributed by atoms with Gasteiger partial charge in [0.15, 0.2) is 18.1 Å². The summed E-state index contributed by atoms with van der Waals surface area (Å²) in [5, 5.41) is 0. The minimum absolute atomic E-state index is 0.0980. The average Bonchev–Trinajstić information content (AvgIpc) is 3.12. The number of benzene rings is 1. The predicted octanol–water partition coefficient (Wildman–Crippen LogP) is 3.98. The van der Waals surface area contributed by atoms with Gasteiger partial charge in [-0.2, -0.15) is 0 Å². The van der Waals surface area contributed by atoms with Gasteiger partial charge in [0.05, 0.1) is 0 Å². The first-order chi connectivity index (χ1) is 13.4. The first-order valence-corrected chi connectivity index (χ1v) is 9.86. The lowest BCUT2D eigenvalue weighted by molar-refractivity contribution is -0.165. The van der Waals surface area contributed by atoms with Crippen LogP contribution in [-0.4, -0.2) is 31.4 Å². The molecule has 0 spiro atoms. The number of hydrogen-bond acceptors (Lipinski definition) is 6. The molecular formula is C22H28O6. The summed E-state index contributed by atoms with van der Waals surface area (Å²) < 4.78 is 21.2. The fourth-order valence-corrected chi connectivity index (χ4v) is 3.81. The lowest BCUT2D eigenvalue weighted by Crippen LogP contribution is -2.36. The third-order valence-corrected chi connectivity index (χ3v) is 5.38. The molecule has 1 aliphatic heterocycles. The van der Waals surface area contributed by atoms with Crippen molar-refractivity contribution >= 4 is 18.0 Å². The predicted molar refractivity (Wildman–Crippen MR) is 104 cm³/mol. The summed E-state index contributed by atoms with van der Waals surface area (Å²) in [6.45, 7) is 6.31. The number of ether oxygens (including phenoxy) is 4. The second-order valence-corrected chi connectivity index (χ2v) is 7.91. The summed E-state index contributed by atoms with van der Waals surface area (Å²) in [7, 11) is 0. The molecule has 6 heteroatoms. The Morgan fingerprint density at radius 1 is 1.21 bits per heavy atom. The molecule has 0 radical (unpaired) electrons. The summed E-state index contributed by atoms with van der Waals surface area (Å²) >= 11 is 0. The Morgan fingerprint density at radius 2 is 2.00 bits per heavy atom. The lowest BCUT2D eigenvalue weighted by Gasteiger charge is -2.36. The lowest BCUT2D eigenvalue weighted by atomic mass is 9.75. The molecule has 1 aromatic rings. The number of esters is 2. The van der Waals surface area contributed by atoms with Gasteiger partial charge in [0.1, 0.15) is 6.10 Å². The van der Waals surface area contributed by atoms with E-state index in [-0.39, 0.29) is 19.5 Å². The molecule has 3 atom stereocenters. The molecule has 0 saturated heterocycles. The van der Waals surface area contributed by atoms with Gasteiger partial charge in [-0.1, -0.05) is 33.3 Å². The van der Waals surface area contributed by atoms with Crippen LogP contribution in [0, 0.1) is 17.8 Å². The maximum absolute atomic E-state index is 12.1. The quantitative estimate of drug-likeness (QED) is 0.542. The number of rotatable bonds is 6. The third-order valence-electron chi connectivity index (χ3n) is 5.38. The molecular weight excluding hydrogens is 360 g/mol. The van der Waals surface area contributed by atoms with Crippen LogP contribution in [0.5, 0.6) is 11.5 Å². The van der Waals surface area contributed by atoms with Crippen molar-refractivity contribution < 1.29 is 28.5 Å². The highest BCUT2D eigenvalue weighted by atomic mass is 16.7. The Bertz CT molecular complexity index is 739. The van der Waals surface area contributed by atoms with E-state index in [4.69, 9.17) is 18.9 Å². The van der Waals surface area contributed by atoms with Crippen molar-refractivity contribution in [1.29, 1.82) is 0 Å². The molecule has 3 rings (SSSR count). The Morgan fingerprint density at radius 3 is 2.79 bits per heavy atom. The molecule has 0 amide bonds. The summed E-state index contributed by atoms with van der Waals surface area (Å²) in [6, 6.07) is 5.36. The molecule has 1 aliphatic carbocycles. The molecule has 28 heavy (non-hydrogen) atoms. The van der Waals surface area contributed by atoms with Crippen LogP contribution in [0.3, 0.4) is 0 Å². The van der Waals surface area contributed by atoms with E-state index in [1.165, 1.54) is 6.08 Å². The van der Waals surface area contributed by atoms with Crippen LogP contribution in [-0.2, 0) is 19.1 Å². The molecule has 0 bridgehead atoms. The second-order valence-electron chi connectivity index (χ2n) is 7.91. The van der Waals surface area contributed by atoms with E-state index >= 15 is 0 Å². The minimum atomic E-state index is -0.591. The number of fused-ring (bicyclic) bond motifs is 1. The molecule has 152 valence electrons. The van der Waals surface area contributed by atoms with Crippen molar-refractivity contribution in [1.82, 2.24) is 0 Å². The largest absolute Gasteiger partial charge is 0.460 e. The van der Waals surface area contributed by atoms with Crippen LogP contribution in [0.4, 0.5) is 0 Å². The normalized spacial score (nSPS) is 23.8. The highest BCUT2D eigenvalue weighted by molar-refractivity contribution is 5.88. The topological polar surface area (TPSA) is 71.1 Å². The number of hydrogen-bond donors (Lipinski definition) is 0. The van der Waals surface area contributed by atoms with Crippen LogP contribution in [0.15, 0.2) is 24.3 Å². The Kier molecular flexibility index (Phi) is 6.60. The van der Waals surface area contributed by atoms with E-state index < -0.39 is 11.9 Å². The smallest absolute Gasteiger partial charge is 0.344 e. The maximum atomic E-state index is 12.1. The first-order valence-electron chi connectivity index (χ1n) is 9.86. The molecule has 1 heterocycles. The van der Waals surface area contributed by atoms with Gasteiger partial charge < -0.3 is 18.9 Å². The van der Waals surface area contributed by atoms with Crippen molar-refractivity contribution in [3.05, 3.63) is 29.8 Å². The van der Waals surface area contributed by atoms with E-state index in [0.29, 0.717) is 29.3 Å². The Labute approximate surface area is 165 Å². The molecule has 2 aliphatic rings. The molecule has 0 unspecified atom stereocenters. The monoisotopic (exact) mass is 388 g/mol. The van der Waals surface area contributed by atoms with Gasteiger partial charge in [-0.25, -0.2) is 9.59 Å². The van der Waals surface area contributed by atoms with Crippen molar-refractivity contribution in [3.8, 4) is 11.5 Å². The van der Waals surface area contributed by atoms with Crippen molar-refractivity contribution in [2.24, 2.45) is 17.8 Å². The maximum Gasteiger partial charge on any atom is 0.344 e. The van der Waals surface area contributed by atoms with Crippen LogP contribution in [0.1, 0.15) is 45.6 Å². The van der Waals surface area contributed by atoms with E-state index in [1.54, 1.807) is 18.2 Å². The molecule has 1 aromatic carbocycles. The summed E-state index contributed by atoms with van der Waals surface area (Å²) in [5.41, 5.74) is 0.778. The van der Waals surface area contributed by atoms with Gasteiger partial charge in [0.2, 0.25) is 6.79 Å². The van der Waals surface area contributed by atoms with Crippen LogP contribution < -0.4 is 9.47 Å². The first kappa shape index (κ1) is 20.2.